The van der Waals surface area contributed by atoms with E-state index in [0.29, 0.717) is 5.69 Å². The van der Waals surface area contributed by atoms with Crippen molar-refractivity contribution in [3.8, 4) is 0 Å². The Labute approximate surface area is 197 Å². The first-order valence-electron chi connectivity index (χ1n) is 10.9. The van der Waals surface area contributed by atoms with Gasteiger partial charge in [0.05, 0.1) is 11.9 Å². The van der Waals surface area contributed by atoms with Crippen LogP contribution in [0.15, 0.2) is 48.5 Å². The summed E-state index contributed by atoms with van der Waals surface area (Å²) < 4.78 is 26.4. The van der Waals surface area contributed by atoms with Crippen molar-refractivity contribution < 1.29 is 18.0 Å². The second kappa shape index (κ2) is 10.4. The van der Waals surface area contributed by atoms with Crippen molar-refractivity contribution in [2.45, 2.75) is 59.7 Å². The third kappa shape index (κ3) is 7.89. The van der Waals surface area contributed by atoms with Gasteiger partial charge in [-0.3, -0.25) is 13.9 Å². The summed E-state index contributed by atoms with van der Waals surface area (Å²) in [6.07, 6.45) is 1.08. The van der Waals surface area contributed by atoms with Gasteiger partial charge in [0.1, 0.15) is 12.6 Å². The zero-order chi connectivity index (χ0) is 25.0. The first-order valence-corrected chi connectivity index (χ1v) is 12.7. The van der Waals surface area contributed by atoms with Gasteiger partial charge in [-0.2, -0.15) is 0 Å². The Morgan fingerprint density at radius 3 is 2.03 bits per heavy atom. The van der Waals surface area contributed by atoms with Gasteiger partial charge in [-0.1, -0.05) is 36.4 Å². The van der Waals surface area contributed by atoms with Crippen LogP contribution in [0.2, 0.25) is 0 Å². The van der Waals surface area contributed by atoms with Gasteiger partial charge in [-0.25, -0.2) is 8.42 Å². The highest BCUT2D eigenvalue weighted by Gasteiger charge is 2.31. The minimum Gasteiger partial charge on any atom is -0.350 e. The van der Waals surface area contributed by atoms with Crippen LogP contribution in [0, 0.1) is 13.8 Å². The van der Waals surface area contributed by atoms with Gasteiger partial charge in [0.15, 0.2) is 0 Å². The fraction of sp³-hybridized carbons (Fsp3) is 0.440. The number of carbonyl (C=O) groups excluding carboxylic acids is 2. The maximum absolute atomic E-state index is 13.5. The van der Waals surface area contributed by atoms with Crippen LogP contribution in [-0.4, -0.2) is 49.5 Å². The molecule has 0 saturated carbocycles. The molecular formula is C25H35N3O4S. The van der Waals surface area contributed by atoms with Gasteiger partial charge in [-0.15, -0.1) is 0 Å². The Morgan fingerprint density at radius 1 is 1.00 bits per heavy atom. The zero-order valence-electron chi connectivity index (χ0n) is 20.5. The third-order valence-electron chi connectivity index (χ3n) is 5.03. The molecule has 0 aliphatic rings. The second-order valence-electron chi connectivity index (χ2n) is 9.54. The molecule has 0 bridgehead atoms. The van der Waals surface area contributed by atoms with Crippen molar-refractivity contribution in [3.05, 3.63) is 65.2 Å². The Balaban J connectivity index is 2.41. The van der Waals surface area contributed by atoms with Crippen LogP contribution in [-0.2, 0) is 26.2 Å². The molecule has 0 spiro atoms. The van der Waals surface area contributed by atoms with Crippen molar-refractivity contribution >= 4 is 27.5 Å². The predicted octanol–water partition coefficient (Wildman–Crippen LogP) is 3.40. The van der Waals surface area contributed by atoms with Gasteiger partial charge in [0, 0.05) is 12.1 Å². The molecule has 1 N–H and O–H groups in total. The molecule has 2 amide bonds. The van der Waals surface area contributed by atoms with Crippen LogP contribution in [0.4, 0.5) is 5.69 Å². The number of benzene rings is 2. The predicted molar refractivity (Wildman–Crippen MR) is 132 cm³/mol. The molecule has 0 saturated heterocycles. The second-order valence-corrected chi connectivity index (χ2v) is 11.4. The summed E-state index contributed by atoms with van der Waals surface area (Å²) in [6, 6.07) is 13.9. The van der Waals surface area contributed by atoms with Gasteiger partial charge in [-0.05, 0) is 70.4 Å². The van der Waals surface area contributed by atoms with Gasteiger partial charge in [0.2, 0.25) is 21.8 Å². The summed E-state index contributed by atoms with van der Waals surface area (Å²) in [4.78, 5) is 27.8. The fourth-order valence-corrected chi connectivity index (χ4v) is 4.38. The summed E-state index contributed by atoms with van der Waals surface area (Å²) >= 11 is 0. The number of hydrogen-bond acceptors (Lipinski definition) is 4. The van der Waals surface area contributed by atoms with E-state index in [-0.39, 0.29) is 12.5 Å². The lowest BCUT2D eigenvalue weighted by Crippen LogP contribution is -2.54. The van der Waals surface area contributed by atoms with Crippen molar-refractivity contribution in [1.29, 1.82) is 0 Å². The van der Waals surface area contributed by atoms with Crippen LogP contribution in [0.25, 0.3) is 0 Å². The standard InChI is InChI=1S/C25H35N3O4S/c1-18-13-19(2)15-22(14-18)28(33(7,31)32)17-23(29)27(16-21-11-9-8-10-12-21)20(3)24(30)26-25(4,5)6/h8-15,20H,16-17H2,1-7H3,(H,26,30)/t20-/m0/s1. The van der Waals surface area contributed by atoms with Gasteiger partial charge >= 0.3 is 0 Å². The minimum absolute atomic E-state index is 0.183. The first kappa shape index (κ1) is 26.4. The largest absolute Gasteiger partial charge is 0.350 e. The molecule has 2 aromatic carbocycles. The van der Waals surface area contributed by atoms with Crippen molar-refractivity contribution in [3.63, 3.8) is 0 Å². The highest BCUT2D eigenvalue weighted by atomic mass is 32.2. The Bertz CT molecular complexity index is 1070. The van der Waals surface area contributed by atoms with Crippen LogP contribution in [0.3, 0.4) is 0 Å². The van der Waals surface area contributed by atoms with E-state index in [1.807, 2.05) is 71.0 Å². The number of anilines is 1. The number of sulfonamides is 1. The molecule has 2 aromatic rings. The average molecular weight is 474 g/mol. The molecule has 8 heteroatoms. The molecule has 0 radical (unpaired) electrons. The van der Waals surface area contributed by atoms with E-state index >= 15 is 0 Å². The molecule has 0 unspecified atom stereocenters. The SMILES string of the molecule is Cc1cc(C)cc(N(CC(=O)N(Cc2ccccc2)[C@@H](C)C(=O)NC(C)(C)C)S(C)(=O)=O)c1. The summed E-state index contributed by atoms with van der Waals surface area (Å²) in [6.45, 7) is 10.8. The van der Waals surface area contributed by atoms with Crippen LogP contribution < -0.4 is 9.62 Å². The number of aryl methyl sites for hydroxylation is 2. The van der Waals surface area contributed by atoms with E-state index < -0.39 is 34.1 Å². The first-order chi connectivity index (χ1) is 15.2. The molecule has 0 aliphatic heterocycles. The lowest BCUT2D eigenvalue weighted by Gasteiger charge is -2.33. The van der Waals surface area contributed by atoms with E-state index in [1.54, 1.807) is 19.1 Å². The van der Waals surface area contributed by atoms with E-state index in [2.05, 4.69) is 5.32 Å². The molecule has 33 heavy (non-hydrogen) atoms. The number of nitrogens with one attached hydrogen (secondary N) is 1. The molecule has 0 fully saturated rings. The van der Waals surface area contributed by atoms with E-state index in [9.17, 15) is 18.0 Å². The van der Waals surface area contributed by atoms with Gasteiger partial charge in [0.25, 0.3) is 0 Å². The lowest BCUT2D eigenvalue weighted by molar-refractivity contribution is -0.140. The monoisotopic (exact) mass is 473 g/mol. The number of amides is 2. The topological polar surface area (TPSA) is 86.8 Å². The lowest BCUT2D eigenvalue weighted by atomic mass is 10.1. The number of carbonyl (C=O) groups is 2. The summed E-state index contributed by atoms with van der Waals surface area (Å²) in [5.74, 6) is -0.760. The summed E-state index contributed by atoms with van der Waals surface area (Å²) in [5, 5.41) is 2.91. The Kier molecular flexibility index (Phi) is 8.30. The molecule has 0 heterocycles. The average Bonchev–Trinajstić information content (AvgIpc) is 2.67. The highest BCUT2D eigenvalue weighted by Crippen LogP contribution is 2.22. The van der Waals surface area contributed by atoms with E-state index in [0.717, 1.165) is 27.3 Å². The van der Waals surface area contributed by atoms with Crippen LogP contribution in [0.5, 0.6) is 0 Å². The van der Waals surface area contributed by atoms with Crippen molar-refractivity contribution in [2.24, 2.45) is 0 Å². The minimum atomic E-state index is -3.74. The summed E-state index contributed by atoms with van der Waals surface area (Å²) in [7, 11) is -3.74. The molecular weight excluding hydrogens is 438 g/mol. The normalized spacial score (nSPS) is 12.7. The molecule has 2 rings (SSSR count). The third-order valence-corrected chi connectivity index (χ3v) is 6.18. The smallest absolute Gasteiger partial charge is 0.244 e. The molecule has 180 valence electrons. The molecule has 0 aliphatic carbocycles. The van der Waals surface area contributed by atoms with E-state index in [1.165, 1.54) is 4.90 Å². The summed E-state index contributed by atoms with van der Waals surface area (Å²) in [5.41, 5.74) is 2.59. The van der Waals surface area contributed by atoms with Crippen molar-refractivity contribution in [1.82, 2.24) is 10.2 Å². The van der Waals surface area contributed by atoms with Crippen molar-refractivity contribution in [2.75, 3.05) is 17.1 Å². The zero-order valence-corrected chi connectivity index (χ0v) is 21.4. The fourth-order valence-electron chi connectivity index (χ4n) is 3.55. The number of rotatable bonds is 8. The molecule has 7 nitrogen and oxygen atoms in total. The van der Waals surface area contributed by atoms with Crippen LogP contribution in [0.1, 0.15) is 44.4 Å². The maximum Gasteiger partial charge on any atom is 0.244 e. The van der Waals surface area contributed by atoms with Gasteiger partial charge < -0.3 is 10.2 Å². The van der Waals surface area contributed by atoms with Crippen LogP contribution >= 0.6 is 0 Å². The maximum atomic E-state index is 13.5. The Morgan fingerprint density at radius 2 is 1.55 bits per heavy atom. The quantitative estimate of drug-likeness (QED) is 0.637. The number of nitrogens with zero attached hydrogens (tertiary/aromatic N) is 2. The highest BCUT2D eigenvalue weighted by molar-refractivity contribution is 7.92. The molecule has 0 aromatic heterocycles. The van der Waals surface area contributed by atoms with E-state index in [4.69, 9.17) is 0 Å². The Hall–Kier alpha value is -2.87. The molecule has 1 atom stereocenters. The number of hydrogen-bond donors (Lipinski definition) is 1.